The molecule has 17 nitrogen and oxygen atoms in total. The summed E-state index contributed by atoms with van der Waals surface area (Å²) in [6, 6.07) is 11.5. The van der Waals surface area contributed by atoms with Crippen molar-refractivity contribution in [3.8, 4) is 17.5 Å². The summed E-state index contributed by atoms with van der Waals surface area (Å²) in [5.74, 6) is -0.338. The summed E-state index contributed by atoms with van der Waals surface area (Å²) in [6.45, 7) is 2.58. The van der Waals surface area contributed by atoms with E-state index in [4.69, 9.17) is 9.72 Å². The first-order chi connectivity index (χ1) is 27.2. The minimum atomic E-state index is -1.38. The van der Waals surface area contributed by atoms with E-state index in [1.807, 2.05) is 4.57 Å². The molecule has 4 aromatic rings. The number of fused-ring (bicyclic) bond motifs is 4. The van der Waals surface area contributed by atoms with Crippen molar-refractivity contribution in [2.75, 3.05) is 35.7 Å². The summed E-state index contributed by atoms with van der Waals surface area (Å²) in [5, 5.41) is 32.6. The fraction of sp³-hybridized carbons (Fsp3) is 0.385. The lowest BCUT2D eigenvalue weighted by Crippen LogP contribution is -2.53. The molecule has 4 aliphatic rings. The van der Waals surface area contributed by atoms with Gasteiger partial charge in [-0.05, 0) is 56.0 Å². The second-order valence-corrected chi connectivity index (χ2v) is 14.2. The Kier molecular flexibility index (Phi) is 9.72. The van der Waals surface area contributed by atoms with Crippen LogP contribution < -0.4 is 30.9 Å². The number of anilines is 4. The number of imide groups is 1. The second-order valence-electron chi connectivity index (χ2n) is 14.2. The number of benzene rings is 2. The Morgan fingerprint density at radius 3 is 2.64 bits per heavy atom. The number of piperidine rings is 1. The molecule has 0 bridgehead atoms. The van der Waals surface area contributed by atoms with Crippen LogP contribution in [0.1, 0.15) is 102 Å². The molecule has 0 spiro atoms. The Balaban J connectivity index is 0.936. The van der Waals surface area contributed by atoms with E-state index < -0.39 is 30.0 Å². The summed E-state index contributed by atoms with van der Waals surface area (Å²) in [6.07, 6.45) is 7.34. The van der Waals surface area contributed by atoms with Crippen molar-refractivity contribution in [2.24, 2.45) is 0 Å². The highest BCUT2D eigenvalue weighted by Gasteiger charge is 2.45. The second kappa shape index (κ2) is 14.9. The Morgan fingerprint density at radius 1 is 1.07 bits per heavy atom. The number of hydrogen-bond donors (Lipinski definition) is 5. The zero-order valence-corrected chi connectivity index (χ0v) is 30.9. The molecule has 5 heterocycles. The van der Waals surface area contributed by atoms with Crippen LogP contribution in [0.5, 0.6) is 5.75 Å². The maximum atomic E-state index is 13.2. The molecule has 1 saturated carbocycles. The Morgan fingerprint density at radius 2 is 1.89 bits per heavy atom. The van der Waals surface area contributed by atoms with Gasteiger partial charge in [-0.3, -0.25) is 34.0 Å². The molecular formula is C39H41N11O6. The van der Waals surface area contributed by atoms with Gasteiger partial charge < -0.3 is 30.7 Å². The van der Waals surface area contributed by atoms with Crippen molar-refractivity contribution in [3.05, 3.63) is 77.0 Å². The van der Waals surface area contributed by atoms with E-state index in [-0.39, 0.29) is 49.5 Å². The average Bonchev–Trinajstić information content (AvgIpc) is 3.95. The zero-order chi connectivity index (χ0) is 39.1. The van der Waals surface area contributed by atoms with Crippen LogP contribution in [0.3, 0.4) is 0 Å². The van der Waals surface area contributed by atoms with Gasteiger partial charge >= 0.3 is 0 Å². The number of aromatic nitrogens is 4. The number of nitrogens with zero attached hydrogens (tertiary/aromatic N) is 7. The third-order valence-electron chi connectivity index (χ3n) is 11.0. The maximum Gasteiger partial charge on any atom is 0.257 e. The number of carbonyl (C=O) groups excluding carboxylic acids is 4. The van der Waals surface area contributed by atoms with Crippen LogP contribution >= 0.6 is 0 Å². The number of methoxy groups -OCH3 is 1. The van der Waals surface area contributed by atoms with E-state index in [9.17, 15) is 29.5 Å². The van der Waals surface area contributed by atoms with Crippen molar-refractivity contribution in [1.82, 2.24) is 35.1 Å². The highest BCUT2D eigenvalue weighted by atomic mass is 16.5. The monoisotopic (exact) mass is 759 g/mol. The third-order valence-corrected chi connectivity index (χ3v) is 11.0. The van der Waals surface area contributed by atoms with Gasteiger partial charge in [0.25, 0.3) is 11.8 Å². The van der Waals surface area contributed by atoms with Gasteiger partial charge in [0.05, 0.1) is 30.7 Å². The van der Waals surface area contributed by atoms with E-state index in [2.05, 4.69) is 49.1 Å². The SMILES string of the molecule is CC[C@@H]1c2c(C#N)ncn2-c2cnc(Nc3ccc(C(=O)NCCNc4cccc5c4C(O)N(C4CCC(=O)NC4=O)C5=O)cc3OC)nc2N1C1CCCC1. The molecule has 8 rings (SSSR count). The molecule has 17 heteroatoms. The zero-order valence-electron chi connectivity index (χ0n) is 30.9. The number of aliphatic hydroxyl groups is 1. The number of rotatable bonds is 11. The minimum absolute atomic E-state index is 0.0623. The number of imidazole rings is 1. The van der Waals surface area contributed by atoms with E-state index >= 15 is 0 Å². The number of nitriles is 1. The molecule has 0 radical (unpaired) electrons. The van der Waals surface area contributed by atoms with Crippen LogP contribution in [-0.4, -0.2) is 85.4 Å². The number of amides is 4. The molecule has 4 amide bonds. The van der Waals surface area contributed by atoms with Gasteiger partial charge in [0.15, 0.2) is 17.7 Å². The molecule has 1 saturated heterocycles. The van der Waals surface area contributed by atoms with Gasteiger partial charge in [-0.15, -0.1) is 0 Å². The van der Waals surface area contributed by atoms with Gasteiger partial charge in [0, 0.05) is 47.9 Å². The van der Waals surface area contributed by atoms with Crippen molar-refractivity contribution in [1.29, 1.82) is 5.26 Å². The average molecular weight is 760 g/mol. The lowest BCUT2D eigenvalue weighted by Gasteiger charge is -2.41. The van der Waals surface area contributed by atoms with Crippen LogP contribution in [-0.2, 0) is 9.59 Å². The first-order valence-electron chi connectivity index (χ1n) is 18.8. The third kappa shape index (κ3) is 6.31. The topological polar surface area (TPSA) is 220 Å². The van der Waals surface area contributed by atoms with Gasteiger partial charge in [-0.1, -0.05) is 25.8 Å². The molecule has 1 aliphatic carbocycles. The fourth-order valence-electron chi connectivity index (χ4n) is 8.38. The number of carbonyl (C=O) groups is 4. The van der Waals surface area contributed by atoms with Crippen molar-refractivity contribution < 1.29 is 29.0 Å². The van der Waals surface area contributed by atoms with Gasteiger partial charge in [-0.2, -0.15) is 10.2 Å². The van der Waals surface area contributed by atoms with Crippen LogP contribution in [0.25, 0.3) is 5.69 Å². The Labute approximate surface area is 322 Å². The summed E-state index contributed by atoms with van der Waals surface area (Å²) in [7, 11) is 1.51. The van der Waals surface area contributed by atoms with E-state index in [0.717, 1.165) is 54.2 Å². The Hall–Kier alpha value is -6.54. The smallest absolute Gasteiger partial charge is 0.257 e. The predicted octanol–water partition coefficient (Wildman–Crippen LogP) is 3.59. The maximum absolute atomic E-state index is 13.2. The molecule has 2 aromatic carbocycles. The lowest BCUT2D eigenvalue weighted by molar-refractivity contribution is -0.139. The molecule has 3 aliphatic heterocycles. The van der Waals surface area contributed by atoms with Crippen LogP contribution in [0, 0.1) is 11.3 Å². The molecule has 2 fully saturated rings. The normalized spacial score (nSPS) is 20.2. The summed E-state index contributed by atoms with van der Waals surface area (Å²) in [4.78, 5) is 68.0. The highest BCUT2D eigenvalue weighted by Crippen LogP contribution is 2.45. The van der Waals surface area contributed by atoms with Gasteiger partial charge in [0.1, 0.15) is 29.9 Å². The number of nitrogens with one attached hydrogen (secondary N) is 4. The number of hydrogen-bond acceptors (Lipinski definition) is 13. The van der Waals surface area contributed by atoms with Crippen LogP contribution in [0.15, 0.2) is 48.9 Å². The largest absolute Gasteiger partial charge is 0.495 e. The molecule has 5 N–H and O–H groups in total. The molecule has 2 aromatic heterocycles. The molecule has 2 unspecified atom stereocenters. The summed E-state index contributed by atoms with van der Waals surface area (Å²) < 4.78 is 7.59. The molecule has 56 heavy (non-hydrogen) atoms. The first-order valence-corrected chi connectivity index (χ1v) is 18.8. The van der Waals surface area contributed by atoms with Gasteiger partial charge in [0.2, 0.25) is 17.8 Å². The predicted molar refractivity (Wildman–Crippen MR) is 202 cm³/mol. The van der Waals surface area contributed by atoms with Crippen molar-refractivity contribution >= 4 is 46.8 Å². The van der Waals surface area contributed by atoms with E-state index in [0.29, 0.717) is 39.9 Å². The summed E-state index contributed by atoms with van der Waals surface area (Å²) >= 11 is 0. The number of aliphatic hydroxyl groups excluding tert-OH is 1. The Bertz CT molecular complexity index is 2280. The molecule has 288 valence electrons. The van der Waals surface area contributed by atoms with Crippen LogP contribution in [0.4, 0.5) is 23.1 Å². The van der Waals surface area contributed by atoms with Crippen LogP contribution in [0.2, 0.25) is 0 Å². The highest BCUT2D eigenvalue weighted by molar-refractivity contribution is 6.06. The van der Waals surface area contributed by atoms with E-state index in [1.54, 1.807) is 48.9 Å². The quantitative estimate of drug-likeness (QED) is 0.109. The lowest BCUT2D eigenvalue weighted by atomic mass is 10.0. The van der Waals surface area contributed by atoms with E-state index in [1.165, 1.54) is 7.11 Å². The van der Waals surface area contributed by atoms with Gasteiger partial charge in [-0.25, -0.2) is 9.97 Å². The first kappa shape index (κ1) is 36.4. The van der Waals surface area contributed by atoms with Crippen molar-refractivity contribution in [3.63, 3.8) is 0 Å². The minimum Gasteiger partial charge on any atom is -0.495 e. The standard InChI is InChI=1S/C39H41N11O6/c1-3-27-33-26(18-40)44-20-48(33)29-19-43-39(47-34(29)49(27)22-7-4-5-8-22)45-24-12-11-21(17-30(24)56-2)35(52)42-16-15-41-25-10-6-9-23-32(25)38(55)50(37(23)54)28-13-14-31(51)46-36(28)53/h6,9-12,17,19-20,22,27-28,38,41,55H,3-5,7-8,13-16H2,1-2H3,(H,42,52)(H,43,45,47)(H,46,51,53)/t27-,28?,38?/m1/s1. The molecular weight excluding hydrogens is 718 g/mol. The van der Waals surface area contributed by atoms with Crippen molar-refractivity contribution in [2.45, 2.75) is 76.2 Å². The molecule has 3 atom stereocenters. The fourth-order valence-corrected chi connectivity index (χ4v) is 8.38. The number of ether oxygens (including phenoxy) is 1. The summed E-state index contributed by atoms with van der Waals surface area (Å²) in [5.41, 5.74) is 4.05.